The van der Waals surface area contributed by atoms with Gasteiger partial charge in [0.25, 0.3) is 0 Å². The Labute approximate surface area is 132 Å². The summed E-state index contributed by atoms with van der Waals surface area (Å²) in [5.41, 5.74) is 0.711. The number of hydrogen-bond acceptors (Lipinski definition) is 3. The maximum Gasteiger partial charge on any atom is 0.357 e. The van der Waals surface area contributed by atoms with Gasteiger partial charge in [-0.1, -0.05) is 36.4 Å². The van der Waals surface area contributed by atoms with E-state index in [0.29, 0.717) is 5.56 Å². The fraction of sp³-hybridized carbons (Fsp3) is 0.111. The van der Waals surface area contributed by atoms with Crippen LogP contribution in [0.15, 0.2) is 54.7 Å². The number of methoxy groups -OCH3 is 1. The lowest BCUT2D eigenvalue weighted by molar-refractivity contribution is 0.0684. The van der Waals surface area contributed by atoms with E-state index in [4.69, 9.17) is 9.84 Å². The smallest absolute Gasteiger partial charge is 0.357 e. The maximum atomic E-state index is 13.9. The average Bonchev–Trinajstić information content (AvgIpc) is 2.55. The number of fused-ring (bicyclic) bond motifs is 1. The van der Waals surface area contributed by atoms with E-state index in [-0.39, 0.29) is 0 Å². The van der Waals surface area contributed by atoms with Crippen molar-refractivity contribution in [2.24, 2.45) is 0 Å². The molecule has 0 saturated carbocycles. The number of rotatable bonds is 4. The summed E-state index contributed by atoms with van der Waals surface area (Å²) in [4.78, 5) is 14.5. The summed E-state index contributed by atoms with van der Waals surface area (Å²) in [5.74, 6) is -2.27. The van der Waals surface area contributed by atoms with Crippen LogP contribution in [0.5, 0.6) is 0 Å². The lowest BCUT2D eigenvalue weighted by Crippen LogP contribution is -2.09. The minimum Gasteiger partial charge on any atom is -0.476 e. The number of ether oxygens (including phenoxy) is 1. The summed E-state index contributed by atoms with van der Waals surface area (Å²) in [7, 11) is 1.52. The molecule has 116 valence electrons. The van der Waals surface area contributed by atoms with Crippen LogP contribution in [-0.2, 0) is 4.74 Å². The van der Waals surface area contributed by atoms with Crippen molar-refractivity contribution >= 4 is 16.7 Å². The van der Waals surface area contributed by atoms with E-state index in [9.17, 15) is 9.18 Å². The first-order valence-corrected chi connectivity index (χ1v) is 7.00. The highest BCUT2D eigenvalue weighted by Gasteiger charge is 2.19. The molecule has 0 amide bonds. The number of hydrogen-bond donors (Lipinski definition) is 1. The molecule has 1 atom stereocenters. The number of carbonyl (C=O) groups is 1. The largest absolute Gasteiger partial charge is 0.476 e. The molecule has 1 heterocycles. The first-order chi connectivity index (χ1) is 11.1. The molecule has 0 saturated heterocycles. The van der Waals surface area contributed by atoms with E-state index >= 15 is 0 Å². The molecule has 5 heteroatoms. The second-order valence-electron chi connectivity index (χ2n) is 5.13. The molecule has 0 radical (unpaired) electrons. The molecule has 2 aromatic carbocycles. The molecular formula is C18H14FNO3. The summed E-state index contributed by atoms with van der Waals surface area (Å²) in [6, 6.07) is 14.9. The fourth-order valence-corrected chi connectivity index (χ4v) is 2.59. The highest BCUT2D eigenvalue weighted by atomic mass is 19.1. The van der Waals surface area contributed by atoms with E-state index in [1.807, 2.05) is 42.5 Å². The Hall–Kier alpha value is -2.79. The van der Waals surface area contributed by atoms with Crippen LogP contribution in [0.4, 0.5) is 4.39 Å². The number of carboxylic acids is 1. The van der Waals surface area contributed by atoms with Crippen molar-refractivity contribution in [2.75, 3.05) is 7.11 Å². The van der Waals surface area contributed by atoms with E-state index in [2.05, 4.69) is 4.98 Å². The van der Waals surface area contributed by atoms with Gasteiger partial charge in [0.05, 0.1) is 0 Å². The van der Waals surface area contributed by atoms with Crippen LogP contribution in [0.3, 0.4) is 0 Å². The Morgan fingerprint density at radius 3 is 2.52 bits per heavy atom. The van der Waals surface area contributed by atoms with Gasteiger partial charge in [0.1, 0.15) is 6.10 Å². The van der Waals surface area contributed by atoms with Gasteiger partial charge in [-0.25, -0.2) is 14.2 Å². The van der Waals surface area contributed by atoms with Gasteiger partial charge in [0.15, 0.2) is 11.5 Å². The second-order valence-corrected chi connectivity index (χ2v) is 5.13. The summed E-state index contributed by atoms with van der Waals surface area (Å²) in [6.07, 6.45) is 0.806. The number of carboxylic acid groups (broad SMARTS) is 1. The number of benzene rings is 2. The highest BCUT2D eigenvalue weighted by molar-refractivity contribution is 5.85. The number of aromatic nitrogens is 1. The van der Waals surface area contributed by atoms with Crippen molar-refractivity contribution in [3.8, 4) is 0 Å². The molecule has 4 nitrogen and oxygen atoms in total. The Bertz CT molecular complexity index is 879. The zero-order chi connectivity index (χ0) is 16.4. The number of nitrogens with zero attached hydrogens (tertiary/aromatic N) is 1. The molecule has 3 rings (SSSR count). The standard InChI is InChI=1S/C18H14FNO3/c1-23-17(14-9-15(19)16(18(21)22)20-10-14)13-7-6-11-4-2-3-5-12(11)8-13/h2-10,17H,1H3,(H,21,22). The molecule has 0 aliphatic heterocycles. The van der Waals surface area contributed by atoms with Gasteiger partial charge in [-0.15, -0.1) is 0 Å². The number of pyridine rings is 1. The van der Waals surface area contributed by atoms with Gasteiger partial charge in [-0.3, -0.25) is 0 Å². The van der Waals surface area contributed by atoms with Gasteiger partial charge in [0.2, 0.25) is 0 Å². The molecule has 1 unspecified atom stereocenters. The van der Waals surface area contributed by atoms with Crippen molar-refractivity contribution < 1.29 is 19.0 Å². The zero-order valence-corrected chi connectivity index (χ0v) is 12.4. The molecule has 0 aliphatic carbocycles. The van der Waals surface area contributed by atoms with Gasteiger partial charge >= 0.3 is 5.97 Å². The Balaban J connectivity index is 2.04. The zero-order valence-electron chi connectivity index (χ0n) is 12.4. The number of aromatic carboxylic acids is 1. The monoisotopic (exact) mass is 311 g/mol. The summed E-state index contributed by atoms with van der Waals surface area (Å²) >= 11 is 0. The molecule has 23 heavy (non-hydrogen) atoms. The summed E-state index contributed by atoms with van der Waals surface area (Å²) < 4.78 is 19.3. The Kier molecular flexibility index (Phi) is 4.04. The average molecular weight is 311 g/mol. The van der Waals surface area contributed by atoms with Crippen LogP contribution in [-0.4, -0.2) is 23.2 Å². The van der Waals surface area contributed by atoms with Gasteiger partial charge in [0, 0.05) is 18.9 Å². The van der Waals surface area contributed by atoms with Crippen molar-refractivity contribution in [1.82, 2.24) is 4.98 Å². The third-order valence-electron chi connectivity index (χ3n) is 3.68. The lowest BCUT2D eigenvalue weighted by Gasteiger charge is -2.17. The Morgan fingerprint density at radius 2 is 1.87 bits per heavy atom. The predicted molar refractivity (Wildman–Crippen MR) is 84.0 cm³/mol. The van der Waals surface area contributed by atoms with E-state index in [1.165, 1.54) is 13.3 Å². The van der Waals surface area contributed by atoms with E-state index in [0.717, 1.165) is 22.4 Å². The molecular weight excluding hydrogens is 297 g/mol. The van der Waals surface area contributed by atoms with Gasteiger partial charge in [-0.2, -0.15) is 0 Å². The maximum absolute atomic E-state index is 13.9. The van der Waals surface area contributed by atoms with Crippen molar-refractivity contribution in [1.29, 1.82) is 0 Å². The van der Waals surface area contributed by atoms with Crippen LogP contribution < -0.4 is 0 Å². The SMILES string of the molecule is COC(c1cnc(C(=O)O)c(F)c1)c1ccc2ccccc2c1. The van der Waals surface area contributed by atoms with Crippen molar-refractivity contribution in [3.05, 3.63) is 77.4 Å². The molecule has 0 aliphatic rings. The topological polar surface area (TPSA) is 59.4 Å². The lowest BCUT2D eigenvalue weighted by atomic mass is 9.99. The third kappa shape index (κ3) is 2.91. The number of halogens is 1. The van der Waals surface area contributed by atoms with Crippen molar-refractivity contribution in [3.63, 3.8) is 0 Å². The van der Waals surface area contributed by atoms with Crippen LogP contribution in [0.25, 0.3) is 10.8 Å². The van der Waals surface area contributed by atoms with Crippen LogP contribution in [0, 0.1) is 5.82 Å². The van der Waals surface area contributed by atoms with Crippen LogP contribution in [0.2, 0.25) is 0 Å². The molecule has 0 spiro atoms. The molecule has 0 fully saturated rings. The minimum atomic E-state index is -1.39. The Morgan fingerprint density at radius 1 is 1.13 bits per heavy atom. The first kappa shape index (κ1) is 15.1. The predicted octanol–water partition coefficient (Wildman–Crippen LogP) is 3.81. The fourth-order valence-electron chi connectivity index (χ4n) is 2.59. The summed E-state index contributed by atoms with van der Waals surface area (Å²) in [6.45, 7) is 0. The van der Waals surface area contributed by atoms with Gasteiger partial charge < -0.3 is 9.84 Å². The van der Waals surface area contributed by atoms with Gasteiger partial charge in [-0.05, 0) is 28.5 Å². The normalized spacial score (nSPS) is 12.3. The minimum absolute atomic E-state index is 0.463. The van der Waals surface area contributed by atoms with E-state index < -0.39 is 23.6 Å². The molecule has 1 aromatic heterocycles. The molecule has 3 aromatic rings. The second kappa shape index (κ2) is 6.14. The van der Waals surface area contributed by atoms with Crippen molar-refractivity contribution in [2.45, 2.75) is 6.10 Å². The summed E-state index contributed by atoms with van der Waals surface area (Å²) in [5, 5.41) is 11.0. The third-order valence-corrected chi connectivity index (χ3v) is 3.68. The molecule has 1 N–H and O–H groups in total. The van der Waals surface area contributed by atoms with E-state index in [1.54, 1.807) is 0 Å². The van der Waals surface area contributed by atoms with Crippen LogP contribution in [0.1, 0.15) is 27.7 Å². The highest BCUT2D eigenvalue weighted by Crippen LogP contribution is 2.28. The molecule has 0 bridgehead atoms. The quantitative estimate of drug-likeness (QED) is 0.796. The van der Waals surface area contributed by atoms with Crippen LogP contribution >= 0.6 is 0 Å². The first-order valence-electron chi connectivity index (χ1n) is 7.00.